The summed E-state index contributed by atoms with van der Waals surface area (Å²) in [5.74, 6) is 0.402. The zero-order valence-electron chi connectivity index (χ0n) is 10.6. The summed E-state index contributed by atoms with van der Waals surface area (Å²) in [5, 5.41) is 12.6. The highest BCUT2D eigenvalue weighted by molar-refractivity contribution is 5.81. The van der Waals surface area contributed by atoms with Crippen LogP contribution in [0.2, 0.25) is 0 Å². The molecule has 0 aliphatic carbocycles. The Balaban J connectivity index is 2.51. The van der Waals surface area contributed by atoms with Gasteiger partial charge < -0.3 is 10.4 Å². The largest absolute Gasteiger partial charge is 0.393 e. The van der Waals surface area contributed by atoms with Crippen molar-refractivity contribution in [3.8, 4) is 0 Å². The molecule has 4 nitrogen and oxygen atoms in total. The van der Waals surface area contributed by atoms with Crippen molar-refractivity contribution < 1.29 is 9.90 Å². The van der Waals surface area contributed by atoms with E-state index in [2.05, 4.69) is 17.1 Å². The Morgan fingerprint density at radius 3 is 2.81 bits per heavy atom. The second-order valence-corrected chi connectivity index (χ2v) is 4.59. The fraction of sp³-hybridized carbons (Fsp3) is 0.917. The normalized spacial score (nSPS) is 28.8. The smallest absolute Gasteiger partial charge is 0.237 e. The molecule has 0 aromatic heterocycles. The van der Waals surface area contributed by atoms with Crippen molar-refractivity contribution in [3.05, 3.63) is 0 Å². The highest BCUT2D eigenvalue weighted by Gasteiger charge is 2.30. The number of hydrogen-bond acceptors (Lipinski definition) is 3. The SMILES string of the molecule is CCNC(=O)C(C)N1CCC(O)C(CC)C1. The third kappa shape index (κ3) is 3.19. The van der Waals surface area contributed by atoms with E-state index in [1.807, 2.05) is 13.8 Å². The highest BCUT2D eigenvalue weighted by atomic mass is 16.3. The van der Waals surface area contributed by atoms with E-state index in [-0.39, 0.29) is 18.1 Å². The van der Waals surface area contributed by atoms with Gasteiger partial charge in [-0.3, -0.25) is 9.69 Å². The molecule has 16 heavy (non-hydrogen) atoms. The van der Waals surface area contributed by atoms with Crippen LogP contribution in [0.4, 0.5) is 0 Å². The van der Waals surface area contributed by atoms with Crippen molar-refractivity contribution in [2.45, 2.75) is 45.8 Å². The van der Waals surface area contributed by atoms with E-state index in [4.69, 9.17) is 0 Å². The lowest BCUT2D eigenvalue weighted by atomic mass is 9.91. The van der Waals surface area contributed by atoms with Gasteiger partial charge in [-0.25, -0.2) is 0 Å². The molecule has 4 heteroatoms. The summed E-state index contributed by atoms with van der Waals surface area (Å²) in [6.07, 6.45) is 1.56. The molecule has 1 aliphatic heterocycles. The van der Waals surface area contributed by atoms with Crippen LogP contribution in [-0.4, -0.2) is 47.7 Å². The molecule has 0 aromatic rings. The quantitative estimate of drug-likeness (QED) is 0.741. The lowest BCUT2D eigenvalue weighted by molar-refractivity contribution is -0.127. The minimum absolute atomic E-state index is 0.0819. The van der Waals surface area contributed by atoms with Crippen LogP contribution >= 0.6 is 0 Å². The Morgan fingerprint density at radius 1 is 1.56 bits per heavy atom. The first-order chi connectivity index (χ1) is 7.60. The molecular weight excluding hydrogens is 204 g/mol. The van der Waals surface area contributed by atoms with Gasteiger partial charge in [-0.05, 0) is 32.6 Å². The van der Waals surface area contributed by atoms with Crippen molar-refractivity contribution in [1.82, 2.24) is 10.2 Å². The van der Waals surface area contributed by atoms with Crippen LogP contribution in [0, 0.1) is 5.92 Å². The van der Waals surface area contributed by atoms with Gasteiger partial charge in [0.25, 0.3) is 0 Å². The monoisotopic (exact) mass is 228 g/mol. The number of piperidine rings is 1. The summed E-state index contributed by atoms with van der Waals surface area (Å²) >= 11 is 0. The van der Waals surface area contributed by atoms with E-state index in [9.17, 15) is 9.90 Å². The van der Waals surface area contributed by atoms with Crippen LogP contribution in [0.3, 0.4) is 0 Å². The van der Waals surface area contributed by atoms with Gasteiger partial charge in [0.1, 0.15) is 0 Å². The molecule has 0 aromatic carbocycles. The molecular formula is C12H24N2O2. The molecule has 1 rings (SSSR count). The molecule has 1 aliphatic rings. The third-order valence-corrected chi connectivity index (χ3v) is 3.53. The van der Waals surface area contributed by atoms with Gasteiger partial charge in [-0.2, -0.15) is 0 Å². The Labute approximate surface area is 98.0 Å². The molecule has 0 bridgehead atoms. The molecule has 1 saturated heterocycles. The Morgan fingerprint density at radius 2 is 2.25 bits per heavy atom. The van der Waals surface area contributed by atoms with Crippen molar-refractivity contribution >= 4 is 5.91 Å². The number of aliphatic hydroxyl groups excluding tert-OH is 1. The first-order valence-corrected chi connectivity index (χ1v) is 6.29. The summed E-state index contributed by atoms with van der Waals surface area (Å²) < 4.78 is 0. The van der Waals surface area contributed by atoms with Crippen LogP contribution in [-0.2, 0) is 4.79 Å². The summed E-state index contributed by atoms with van der Waals surface area (Å²) in [6, 6.07) is -0.0819. The van der Waals surface area contributed by atoms with E-state index in [0.717, 1.165) is 25.9 Å². The lowest BCUT2D eigenvalue weighted by Gasteiger charge is -2.38. The third-order valence-electron chi connectivity index (χ3n) is 3.53. The number of rotatable bonds is 4. The van der Waals surface area contributed by atoms with Gasteiger partial charge in [0, 0.05) is 19.6 Å². The second-order valence-electron chi connectivity index (χ2n) is 4.59. The number of carbonyl (C=O) groups excluding carboxylic acids is 1. The Kier molecular flexibility index (Phi) is 5.22. The maximum Gasteiger partial charge on any atom is 0.237 e. The van der Waals surface area contributed by atoms with E-state index in [0.29, 0.717) is 12.5 Å². The molecule has 2 N–H and O–H groups in total. The van der Waals surface area contributed by atoms with Crippen LogP contribution in [0.15, 0.2) is 0 Å². The molecule has 3 unspecified atom stereocenters. The summed E-state index contributed by atoms with van der Waals surface area (Å²) in [6.45, 7) is 8.28. The maximum absolute atomic E-state index is 11.7. The molecule has 94 valence electrons. The van der Waals surface area contributed by atoms with Gasteiger partial charge in [0.2, 0.25) is 5.91 Å². The van der Waals surface area contributed by atoms with Gasteiger partial charge in [0.15, 0.2) is 0 Å². The van der Waals surface area contributed by atoms with E-state index >= 15 is 0 Å². The number of aliphatic hydroxyl groups is 1. The standard InChI is InChI=1S/C12H24N2O2/c1-4-10-8-14(7-6-11(10)15)9(3)12(16)13-5-2/h9-11,15H,4-8H2,1-3H3,(H,13,16). The Hall–Kier alpha value is -0.610. The molecule has 1 heterocycles. The van der Waals surface area contributed by atoms with Crippen LogP contribution in [0.5, 0.6) is 0 Å². The predicted octanol–water partition coefficient (Wildman–Crippen LogP) is 0.604. The van der Waals surface area contributed by atoms with Crippen LogP contribution in [0.25, 0.3) is 0 Å². The van der Waals surface area contributed by atoms with Gasteiger partial charge in [-0.1, -0.05) is 6.92 Å². The van der Waals surface area contributed by atoms with E-state index < -0.39 is 0 Å². The highest BCUT2D eigenvalue weighted by Crippen LogP contribution is 2.21. The van der Waals surface area contributed by atoms with Gasteiger partial charge in [0.05, 0.1) is 12.1 Å². The molecule has 1 amide bonds. The molecule has 3 atom stereocenters. The van der Waals surface area contributed by atoms with Crippen molar-refractivity contribution in [2.24, 2.45) is 5.92 Å². The minimum atomic E-state index is -0.192. The first-order valence-electron chi connectivity index (χ1n) is 6.29. The predicted molar refractivity (Wildman–Crippen MR) is 64.1 cm³/mol. The number of likely N-dealkylation sites (N-methyl/N-ethyl adjacent to an activating group) is 1. The summed E-state index contributed by atoms with van der Waals surface area (Å²) in [7, 11) is 0. The maximum atomic E-state index is 11.7. The number of likely N-dealkylation sites (tertiary alicyclic amines) is 1. The summed E-state index contributed by atoms with van der Waals surface area (Å²) in [4.78, 5) is 13.9. The second kappa shape index (κ2) is 6.21. The number of amides is 1. The first kappa shape index (κ1) is 13.5. The number of nitrogens with zero attached hydrogens (tertiary/aromatic N) is 1. The number of hydrogen-bond donors (Lipinski definition) is 2. The van der Waals surface area contributed by atoms with Crippen molar-refractivity contribution in [1.29, 1.82) is 0 Å². The van der Waals surface area contributed by atoms with Gasteiger partial charge >= 0.3 is 0 Å². The molecule has 0 saturated carbocycles. The fourth-order valence-corrected chi connectivity index (χ4v) is 2.29. The van der Waals surface area contributed by atoms with E-state index in [1.54, 1.807) is 0 Å². The van der Waals surface area contributed by atoms with E-state index in [1.165, 1.54) is 0 Å². The van der Waals surface area contributed by atoms with Gasteiger partial charge in [-0.15, -0.1) is 0 Å². The minimum Gasteiger partial charge on any atom is -0.393 e. The molecule has 0 radical (unpaired) electrons. The zero-order chi connectivity index (χ0) is 12.1. The molecule has 0 spiro atoms. The zero-order valence-corrected chi connectivity index (χ0v) is 10.6. The topological polar surface area (TPSA) is 52.6 Å². The van der Waals surface area contributed by atoms with Crippen molar-refractivity contribution in [2.75, 3.05) is 19.6 Å². The average Bonchev–Trinajstić information content (AvgIpc) is 2.29. The number of nitrogens with one attached hydrogen (secondary N) is 1. The van der Waals surface area contributed by atoms with Crippen molar-refractivity contribution in [3.63, 3.8) is 0 Å². The molecule has 1 fully saturated rings. The van der Waals surface area contributed by atoms with Crippen LogP contribution in [0.1, 0.15) is 33.6 Å². The number of carbonyl (C=O) groups is 1. The Bertz CT molecular complexity index is 233. The summed E-state index contributed by atoms with van der Waals surface area (Å²) in [5.41, 5.74) is 0. The van der Waals surface area contributed by atoms with Crippen LogP contribution < -0.4 is 5.32 Å². The average molecular weight is 228 g/mol. The lowest BCUT2D eigenvalue weighted by Crippen LogP contribution is -2.52. The fourth-order valence-electron chi connectivity index (χ4n) is 2.29.